The fraction of sp³-hybridized carbons (Fsp3) is 0.533. The molecule has 1 aromatic rings. The van der Waals surface area contributed by atoms with E-state index in [1.807, 2.05) is 32.9 Å². The van der Waals surface area contributed by atoms with Crippen LogP contribution in [0.5, 0.6) is 0 Å². The van der Waals surface area contributed by atoms with Crippen molar-refractivity contribution in [3.8, 4) is 0 Å². The van der Waals surface area contributed by atoms with E-state index in [1.54, 1.807) is 0 Å². The molecule has 0 aliphatic heterocycles. The quantitative estimate of drug-likeness (QED) is 0.834. The molecule has 0 saturated carbocycles. The molecule has 2 atom stereocenters. The Hall–Kier alpha value is -1.35. The second kappa shape index (κ2) is 5.11. The SMILES string of the molecule is Cc1cccc2c1[C@@H](N)[C@H](C(=O)OCC(C)C)C2. The van der Waals surface area contributed by atoms with Crippen molar-refractivity contribution in [1.29, 1.82) is 0 Å². The molecular formula is C15H21NO2. The van der Waals surface area contributed by atoms with Gasteiger partial charge in [-0.3, -0.25) is 4.79 Å². The Kier molecular flexibility index (Phi) is 3.71. The van der Waals surface area contributed by atoms with Crippen LogP contribution in [0.3, 0.4) is 0 Å². The lowest BCUT2D eigenvalue weighted by molar-refractivity contribution is -0.150. The zero-order valence-electron chi connectivity index (χ0n) is 11.3. The Bertz CT molecular complexity index is 454. The number of aryl methyl sites for hydroxylation is 1. The first kappa shape index (κ1) is 13.1. The van der Waals surface area contributed by atoms with Gasteiger partial charge in [-0.25, -0.2) is 0 Å². The summed E-state index contributed by atoms with van der Waals surface area (Å²) < 4.78 is 5.31. The second-order valence-corrected chi connectivity index (χ2v) is 5.51. The Balaban J connectivity index is 2.11. The van der Waals surface area contributed by atoms with Gasteiger partial charge in [-0.1, -0.05) is 32.0 Å². The number of carbonyl (C=O) groups excluding carboxylic acids is 1. The van der Waals surface area contributed by atoms with E-state index in [0.29, 0.717) is 18.9 Å². The maximum Gasteiger partial charge on any atom is 0.311 e. The number of nitrogens with two attached hydrogens (primary N) is 1. The molecule has 3 heteroatoms. The maximum atomic E-state index is 12.0. The van der Waals surface area contributed by atoms with E-state index in [0.717, 1.165) is 5.56 Å². The highest BCUT2D eigenvalue weighted by atomic mass is 16.5. The van der Waals surface area contributed by atoms with E-state index in [4.69, 9.17) is 10.5 Å². The Morgan fingerprint density at radius 2 is 2.22 bits per heavy atom. The summed E-state index contributed by atoms with van der Waals surface area (Å²) in [6.07, 6.45) is 0.703. The highest BCUT2D eigenvalue weighted by Gasteiger charge is 2.36. The fourth-order valence-corrected chi connectivity index (χ4v) is 2.55. The Morgan fingerprint density at radius 1 is 1.50 bits per heavy atom. The minimum Gasteiger partial charge on any atom is -0.465 e. The number of carbonyl (C=O) groups is 1. The third-order valence-electron chi connectivity index (χ3n) is 3.48. The normalized spacial score (nSPS) is 22.1. The summed E-state index contributed by atoms with van der Waals surface area (Å²) in [4.78, 5) is 12.0. The van der Waals surface area contributed by atoms with Crippen LogP contribution in [0, 0.1) is 18.8 Å². The summed E-state index contributed by atoms with van der Waals surface area (Å²) >= 11 is 0. The molecule has 1 aliphatic carbocycles. The van der Waals surface area contributed by atoms with Crippen LogP contribution in [-0.2, 0) is 16.0 Å². The van der Waals surface area contributed by atoms with Crippen molar-refractivity contribution in [3.63, 3.8) is 0 Å². The van der Waals surface area contributed by atoms with Crippen LogP contribution in [0.2, 0.25) is 0 Å². The van der Waals surface area contributed by atoms with Gasteiger partial charge in [-0.2, -0.15) is 0 Å². The van der Waals surface area contributed by atoms with E-state index < -0.39 is 0 Å². The molecule has 1 aromatic carbocycles. The number of ether oxygens (including phenoxy) is 1. The van der Waals surface area contributed by atoms with E-state index >= 15 is 0 Å². The highest BCUT2D eigenvalue weighted by Crippen LogP contribution is 2.37. The summed E-state index contributed by atoms with van der Waals surface area (Å²) in [5.41, 5.74) is 9.68. The number of esters is 1. The van der Waals surface area contributed by atoms with Gasteiger partial charge in [-0.05, 0) is 36.0 Å². The van der Waals surface area contributed by atoms with Gasteiger partial charge in [0.2, 0.25) is 0 Å². The van der Waals surface area contributed by atoms with Crippen molar-refractivity contribution in [2.75, 3.05) is 6.61 Å². The molecule has 98 valence electrons. The third-order valence-corrected chi connectivity index (χ3v) is 3.48. The van der Waals surface area contributed by atoms with Crippen molar-refractivity contribution in [2.45, 2.75) is 33.2 Å². The van der Waals surface area contributed by atoms with Gasteiger partial charge in [0, 0.05) is 6.04 Å². The molecule has 0 fully saturated rings. The molecule has 3 nitrogen and oxygen atoms in total. The largest absolute Gasteiger partial charge is 0.465 e. The number of hydrogen-bond donors (Lipinski definition) is 1. The molecule has 0 unspecified atom stereocenters. The van der Waals surface area contributed by atoms with Gasteiger partial charge in [0.25, 0.3) is 0 Å². The third kappa shape index (κ3) is 2.41. The fourth-order valence-electron chi connectivity index (χ4n) is 2.55. The molecule has 2 N–H and O–H groups in total. The number of benzene rings is 1. The predicted octanol–water partition coefficient (Wildman–Crippen LogP) is 2.37. The first-order chi connectivity index (χ1) is 8.50. The molecular weight excluding hydrogens is 226 g/mol. The summed E-state index contributed by atoms with van der Waals surface area (Å²) in [5.74, 6) is -0.0256. The maximum absolute atomic E-state index is 12.0. The molecule has 0 aromatic heterocycles. The zero-order chi connectivity index (χ0) is 13.3. The van der Waals surface area contributed by atoms with Crippen LogP contribution in [0.1, 0.15) is 36.6 Å². The summed E-state index contributed by atoms with van der Waals surface area (Å²) in [6, 6.07) is 5.89. The highest BCUT2D eigenvalue weighted by molar-refractivity contribution is 5.75. The van der Waals surface area contributed by atoms with E-state index in [1.165, 1.54) is 11.1 Å². The van der Waals surface area contributed by atoms with Crippen molar-refractivity contribution < 1.29 is 9.53 Å². The lowest BCUT2D eigenvalue weighted by Gasteiger charge is -2.16. The lowest BCUT2D eigenvalue weighted by Crippen LogP contribution is -2.28. The minimum absolute atomic E-state index is 0.160. The standard InChI is InChI=1S/C15H21NO2/c1-9(2)8-18-15(17)12-7-11-6-4-5-10(3)13(11)14(12)16/h4-6,9,12,14H,7-8,16H2,1-3H3/t12-,14+/m1/s1. The topological polar surface area (TPSA) is 52.3 Å². The molecule has 0 bridgehead atoms. The molecule has 18 heavy (non-hydrogen) atoms. The van der Waals surface area contributed by atoms with Gasteiger partial charge >= 0.3 is 5.97 Å². The van der Waals surface area contributed by atoms with Crippen LogP contribution in [0.25, 0.3) is 0 Å². The van der Waals surface area contributed by atoms with Crippen molar-refractivity contribution >= 4 is 5.97 Å². The van der Waals surface area contributed by atoms with Crippen LogP contribution < -0.4 is 5.73 Å². The number of fused-ring (bicyclic) bond motifs is 1. The monoisotopic (exact) mass is 247 g/mol. The van der Waals surface area contributed by atoms with E-state index in [2.05, 4.69) is 6.07 Å². The summed E-state index contributed by atoms with van der Waals surface area (Å²) in [5, 5.41) is 0. The molecule has 1 aliphatic rings. The zero-order valence-corrected chi connectivity index (χ0v) is 11.3. The van der Waals surface area contributed by atoms with Crippen LogP contribution in [-0.4, -0.2) is 12.6 Å². The summed E-state index contributed by atoms with van der Waals surface area (Å²) in [6.45, 7) is 6.57. The van der Waals surface area contributed by atoms with E-state index in [9.17, 15) is 4.79 Å². The molecule has 0 radical (unpaired) electrons. The summed E-state index contributed by atoms with van der Waals surface area (Å²) in [7, 11) is 0. The first-order valence-electron chi connectivity index (χ1n) is 6.51. The Labute approximate surface area is 108 Å². The van der Waals surface area contributed by atoms with Gasteiger partial charge in [0.15, 0.2) is 0 Å². The minimum atomic E-state index is -0.222. The van der Waals surface area contributed by atoms with Crippen LogP contribution >= 0.6 is 0 Å². The van der Waals surface area contributed by atoms with E-state index in [-0.39, 0.29) is 17.9 Å². The second-order valence-electron chi connectivity index (χ2n) is 5.51. The number of hydrogen-bond acceptors (Lipinski definition) is 3. The van der Waals surface area contributed by atoms with Gasteiger partial charge in [0.05, 0.1) is 12.5 Å². The molecule has 2 rings (SSSR count). The lowest BCUT2D eigenvalue weighted by atomic mass is 9.99. The average Bonchev–Trinajstić information content (AvgIpc) is 2.65. The average molecular weight is 247 g/mol. The smallest absolute Gasteiger partial charge is 0.311 e. The number of rotatable bonds is 3. The predicted molar refractivity (Wildman–Crippen MR) is 71.1 cm³/mol. The van der Waals surface area contributed by atoms with Crippen molar-refractivity contribution in [3.05, 3.63) is 34.9 Å². The molecule has 0 saturated heterocycles. The van der Waals surface area contributed by atoms with Gasteiger partial charge in [-0.15, -0.1) is 0 Å². The molecule has 0 heterocycles. The van der Waals surface area contributed by atoms with Gasteiger partial charge < -0.3 is 10.5 Å². The van der Waals surface area contributed by atoms with Crippen molar-refractivity contribution in [2.24, 2.45) is 17.6 Å². The van der Waals surface area contributed by atoms with Crippen LogP contribution in [0.15, 0.2) is 18.2 Å². The molecule has 0 amide bonds. The van der Waals surface area contributed by atoms with Crippen LogP contribution in [0.4, 0.5) is 0 Å². The molecule has 0 spiro atoms. The first-order valence-corrected chi connectivity index (χ1v) is 6.51. The van der Waals surface area contributed by atoms with Gasteiger partial charge in [0.1, 0.15) is 0 Å². The Morgan fingerprint density at radius 3 is 2.83 bits per heavy atom. The van der Waals surface area contributed by atoms with Crippen molar-refractivity contribution in [1.82, 2.24) is 0 Å².